The smallest absolute Gasteiger partial charge is 0.368 e. The van der Waals surface area contributed by atoms with Gasteiger partial charge in [0.05, 0.1) is 11.8 Å². The van der Waals surface area contributed by atoms with Crippen LogP contribution < -0.4 is 11.1 Å². The van der Waals surface area contributed by atoms with Crippen molar-refractivity contribution in [1.82, 2.24) is 5.32 Å². The lowest BCUT2D eigenvalue weighted by Gasteiger charge is -2.15. The van der Waals surface area contributed by atoms with E-state index in [4.69, 9.17) is 5.73 Å². The maximum atomic E-state index is 12.0. The number of hydrogen-bond acceptors (Lipinski definition) is 4. The molecule has 1 rings (SSSR count). The van der Waals surface area contributed by atoms with Gasteiger partial charge in [-0.3, -0.25) is 9.59 Å². The highest BCUT2D eigenvalue weighted by atomic mass is 32.2. The van der Waals surface area contributed by atoms with Gasteiger partial charge in [0.2, 0.25) is 11.7 Å². The number of halogens is 3. The molecule has 0 aliphatic carbocycles. The van der Waals surface area contributed by atoms with Crippen molar-refractivity contribution in [2.75, 3.05) is 18.1 Å². The van der Waals surface area contributed by atoms with Crippen LogP contribution in [0.4, 0.5) is 13.2 Å². The van der Waals surface area contributed by atoms with E-state index in [1.165, 1.54) is 0 Å². The van der Waals surface area contributed by atoms with Crippen molar-refractivity contribution in [1.29, 1.82) is 0 Å². The Kier molecular flexibility index (Phi) is 8.84. The SMILES string of the molecule is NC(=O)[C@H](CCCSCC(=O)C(F)(F)F)NCCc1ccccc1. The third-order valence-electron chi connectivity index (χ3n) is 3.32. The first-order valence-corrected chi connectivity index (χ1v) is 8.70. The Hall–Kier alpha value is -1.54. The lowest BCUT2D eigenvalue weighted by Crippen LogP contribution is -2.42. The van der Waals surface area contributed by atoms with E-state index in [9.17, 15) is 22.8 Å². The average Bonchev–Trinajstić information content (AvgIpc) is 2.52. The van der Waals surface area contributed by atoms with Gasteiger partial charge < -0.3 is 11.1 Å². The Morgan fingerprint density at radius 3 is 2.46 bits per heavy atom. The molecule has 134 valence electrons. The second-order valence-corrected chi connectivity index (χ2v) is 6.37. The van der Waals surface area contributed by atoms with Crippen LogP contribution >= 0.6 is 11.8 Å². The molecule has 24 heavy (non-hydrogen) atoms. The Morgan fingerprint density at radius 2 is 1.88 bits per heavy atom. The molecule has 0 unspecified atom stereocenters. The fourth-order valence-electron chi connectivity index (χ4n) is 2.02. The number of thioether (sulfide) groups is 1. The molecule has 0 heterocycles. The highest BCUT2D eigenvalue weighted by molar-refractivity contribution is 7.99. The summed E-state index contributed by atoms with van der Waals surface area (Å²) in [6.07, 6.45) is -3.10. The Balaban J connectivity index is 2.21. The lowest BCUT2D eigenvalue weighted by molar-refractivity contribution is -0.167. The van der Waals surface area contributed by atoms with Crippen LogP contribution in [-0.2, 0) is 16.0 Å². The van der Waals surface area contributed by atoms with Crippen molar-refractivity contribution < 1.29 is 22.8 Å². The summed E-state index contributed by atoms with van der Waals surface area (Å²) in [6.45, 7) is 0.581. The van der Waals surface area contributed by atoms with Gasteiger partial charge in [-0.25, -0.2) is 0 Å². The van der Waals surface area contributed by atoms with Gasteiger partial charge in [0.15, 0.2) is 0 Å². The van der Waals surface area contributed by atoms with Crippen LogP contribution in [0.1, 0.15) is 18.4 Å². The summed E-state index contributed by atoms with van der Waals surface area (Å²) < 4.78 is 36.1. The monoisotopic (exact) mass is 362 g/mol. The lowest BCUT2D eigenvalue weighted by atomic mass is 10.1. The summed E-state index contributed by atoms with van der Waals surface area (Å²) in [4.78, 5) is 22.1. The zero-order valence-electron chi connectivity index (χ0n) is 13.1. The molecule has 4 nitrogen and oxygen atoms in total. The van der Waals surface area contributed by atoms with Crippen molar-refractivity contribution in [2.24, 2.45) is 5.73 Å². The zero-order chi connectivity index (χ0) is 18.0. The van der Waals surface area contributed by atoms with Crippen molar-refractivity contribution in [2.45, 2.75) is 31.5 Å². The van der Waals surface area contributed by atoms with Gasteiger partial charge in [0, 0.05) is 0 Å². The molecular weight excluding hydrogens is 341 g/mol. The molecule has 0 saturated carbocycles. The first kappa shape index (κ1) is 20.5. The number of benzene rings is 1. The topological polar surface area (TPSA) is 72.2 Å². The molecule has 0 saturated heterocycles. The standard InChI is InChI=1S/C16H21F3N2O2S/c17-16(18,19)14(22)11-24-10-4-7-13(15(20)23)21-9-8-12-5-2-1-3-6-12/h1-3,5-6,13,21H,4,7-11H2,(H2,20,23)/t13-/m0/s1. The minimum Gasteiger partial charge on any atom is -0.368 e. The first-order chi connectivity index (χ1) is 11.3. The number of nitrogens with two attached hydrogens (primary N) is 1. The molecule has 0 fully saturated rings. The summed E-state index contributed by atoms with van der Waals surface area (Å²) in [7, 11) is 0. The zero-order valence-corrected chi connectivity index (χ0v) is 14.0. The molecule has 0 bridgehead atoms. The molecule has 3 N–H and O–H groups in total. The molecule has 1 aromatic carbocycles. The maximum Gasteiger partial charge on any atom is 0.450 e. The highest BCUT2D eigenvalue weighted by Crippen LogP contribution is 2.19. The summed E-state index contributed by atoms with van der Waals surface area (Å²) >= 11 is 0.913. The molecule has 0 aliphatic rings. The minimum atomic E-state index is -4.78. The third-order valence-corrected chi connectivity index (χ3v) is 4.37. The van der Waals surface area contributed by atoms with Crippen molar-refractivity contribution in [3.8, 4) is 0 Å². The van der Waals surface area contributed by atoms with Gasteiger partial charge >= 0.3 is 6.18 Å². The van der Waals surface area contributed by atoms with Gasteiger partial charge in [-0.2, -0.15) is 24.9 Å². The number of alkyl halides is 3. The molecule has 1 amide bonds. The molecule has 0 spiro atoms. The van der Waals surface area contributed by atoms with Crippen LogP contribution in [0, 0.1) is 0 Å². The Bertz CT molecular complexity index is 524. The summed E-state index contributed by atoms with van der Waals surface area (Å²) in [5.74, 6) is -2.45. The summed E-state index contributed by atoms with van der Waals surface area (Å²) in [6, 6.07) is 9.22. The van der Waals surface area contributed by atoms with E-state index in [1.54, 1.807) is 0 Å². The second-order valence-electron chi connectivity index (χ2n) is 5.26. The number of hydrogen-bond donors (Lipinski definition) is 2. The molecule has 1 atom stereocenters. The van der Waals surface area contributed by atoms with E-state index in [0.29, 0.717) is 25.1 Å². The first-order valence-electron chi connectivity index (χ1n) is 7.55. The average molecular weight is 362 g/mol. The summed E-state index contributed by atoms with van der Waals surface area (Å²) in [5.41, 5.74) is 6.46. The van der Waals surface area contributed by atoms with Crippen LogP contribution in [0.2, 0.25) is 0 Å². The van der Waals surface area contributed by atoms with Crippen LogP contribution in [0.5, 0.6) is 0 Å². The number of carbonyl (C=O) groups excluding carboxylic acids is 2. The van der Waals surface area contributed by atoms with Gasteiger partial charge in [0.25, 0.3) is 0 Å². The largest absolute Gasteiger partial charge is 0.450 e. The van der Waals surface area contributed by atoms with Crippen LogP contribution in [0.15, 0.2) is 30.3 Å². The van der Waals surface area contributed by atoms with Gasteiger partial charge in [0.1, 0.15) is 0 Å². The van der Waals surface area contributed by atoms with Crippen LogP contribution in [-0.4, -0.2) is 42.0 Å². The van der Waals surface area contributed by atoms with Gasteiger partial charge in [-0.1, -0.05) is 30.3 Å². The quantitative estimate of drug-likeness (QED) is 0.593. The van der Waals surface area contributed by atoms with Crippen LogP contribution in [0.3, 0.4) is 0 Å². The molecule has 0 aromatic heterocycles. The van der Waals surface area contributed by atoms with E-state index in [-0.39, 0.29) is 0 Å². The predicted molar refractivity (Wildman–Crippen MR) is 88.8 cm³/mol. The molecule has 0 aliphatic heterocycles. The van der Waals surface area contributed by atoms with E-state index < -0.39 is 29.7 Å². The normalized spacial score (nSPS) is 12.8. The Morgan fingerprint density at radius 1 is 1.21 bits per heavy atom. The summed E-state index contributed by atoms with van der Waals surface area (Å²) in [5, 5.41) is 3.06. The fraction of sp³-hybridized carbons (Fsp3) is 0.500. The molecular formula is C16H21F3N2O2S. The van der Waals surface area contributed by atoms with E-state index in [1.807, 2.05) is 30.3 Å². The highest BCUT2D eigenvalue weighted by Gasteiger charge is 2.37. The second kappa shape index (κ2) is 10.4. The number of carbonyl (C=O) groups is 2. The molecule has 1 aromatic rings. The van der Waals surface area contributed by atoms with E-state index in [0.717, 1.165) is 23.7 Å². The van der Waals surface area contributed by atoms with Gasteiger partial charge in [-0.05, 0) is 37.1 Å². The predicted octanol–water partition coefficient (Wildman–Crippen LogP) is 2.32. The number of rotatable bonds is 11. The number of amides is 1. The van der Waals surface area contributed by atoms with Gasteiger partial charge in [-0.15, -0.1) is 0 Å². The number of primary amides is 1. The number of ketones is 1. The third kappa shape index (κ3) is 8.35. The van der Waals surface area contributed by atoms with Crippen molar-refractivity contribution in [3.05, 3.63) is 35.9 Å². The van der Waals surface area contributed by atoms with Crippen LogP contribution in [0.25, 0.3) is 0 Å². The number of nitrogens with one attached hydrogen (secondary N) is 1. The Labute approximate surface area is 143 Å². The molecule has 0 radical (unpaired) electrons. The maximum absolute atomic E-state index is 12.0. The van der Waals surface area contributed by atoms with E-state index in [2.05, 4.69) is 5.32 Å². The fourth-order valence-corrected chi connectivity index (χ4v) is 2.88. The van der Waals surface area contributed by atoms with E-state index >= 15 is 0 Å². The minimum absolute atomic E-state index is 0.367. The van der Waals surface area contributed by atoms with Crippen molar-refractivity contribution >= 4 is 23.5 Å². The van der Waals surface area contributed by atoms with Crippen molar-refractivity contribution in [3.63, 3.8) is 0 Å². The number of Topliss-reactive ketones (excluding diaryl/α,β-unsaturated/α-hetero) is 1. The molecule has 8 heteroatoms.